The average molecular weight is 199 g/mol. The van der Waals surface area contributed by atoms with Crippen LogP contribution in [0, 0.1) is 11.3 Å². The molecule has 0 aliphatic heterocycles. The fourth-order valence-electron chi connectivity index (χ4n) is 1.66. The maximum absolute atomic E-state index is 11.4. The van der Waals surface area contributed by atoms with Gasteiger partial charge in [-0.25, -0.2) is 0 Å². The number of aliphatic hydroxyl groups is 1. The first kappa shape index (κ1) is 11.5. The fourth-order valence-corrected chi connectivity index (χ4v) is 1.66. The number of hydrogen-bond acceptors (Lipinski definition) is 2. The molecule has 0 radical (unpaired) electrons. The lowest BCUT2D eigenvalue weighted by Crippen LogP contribution is -2.31. The molecule has 0 aromatic carbocycles. The summed E-state index contributed by atoms with van der Waals surface area (Å²) in [6, 6.07) is 0. The molecular formula is C11H21NO2. The van der Waals surface area contributed by atoms with Gasteiger partial charge in [-0.2, -0.15) is 0 Å². The number of carbonyl (C=O) groups is 1. The predicted molar refractivity (Wildman–Crippen MR) is 55.8 cm³/mol. The first-order valence-corrected chi connectivity index (χ1v) is 5.45. The van der Waals surface area contributed by atoms with Crippen molar-refractivity contribution >= 4 is 5.91 Å². The molecule has 82 valence electrons. The van der Waals surface area contributed by atoms with E-state index < -0.39 is 0 Å². The Morgan fingerprint density at radius 1 is 1.50 bits per heavy atom. The number of aliphatic hydroxyl groups excluding tert-OH is 1. The summed E-state index contributed by atoms with van der Waals surface area (Å²) in [6.45, 7) is 5.07. The Hall–Kier alpha value is -0.570. The molecular weight excluding hydrogens is 178 g/mol. The topological polar surface area (TPSA) is 49.3 Å². The predicted octanol–water partition coefficient (Wildman–Crippen LogP) is 1.31. The van der Waals surface area contributed by atoms with Gasteiger partial charge in [-0.1, -0.05) is 13.8 Å². The van der Waals surface area contributed by atoms with Gasteiger partial charge in [0.1, 0.15) is 0 Å². The van der Waals surface area contributed by atoms with Crippen LogP contribution in [0.3, 0.4) is 0 Å². The molecule has 0 saturated heterocycles. The smallest absolute Gasteiger partial charge is 0.220 e. The lowest BCUT2D eigenvalue weighted by Gasteiger charge is -2.15. The molecule has 3 heteroatoms. The van der Waals surface area contributed by atoms with Crippen molar-refractivity contribution < 1.29 is 9.90 Å². The normalized spacial score (nSPS) is 18.3. The number of nitrogens with one attached hydrogen (secondary N) is 1. The Kier molecular flexibility index (Phi) is 3.93. The minimum Gasteiger partial charge on any atom is -0.396 e. The molecule has 0 spiro atoms. The van der Waals surface area contributed by atoms with E-state index in [4.69, 9.17) is 5.11 Å². The van der Waals surface area contributed by atoms with Crippen molar-refractivity contribution in [2.75, 3.05) is 13.2 Å². The van der Waals surface area contributed by atoms with E-state index in [1.54, 1.807) is 0 Å². The molecule has 0 bridgehead atoms. The Morgan fingerprint density at radius 2 is 2.14 bits per heavy atom. The van der Waals surface area contributed by atoms with E-state index in [0.29, 0.717) is 12.3 Å². The molecule has 1 rings (SSSR count). The Balaban J connectivity index is 2.17. The van der Waals surface area contributed by atoms with Gasteiger partial charge in [-0.05, 0) is 30.6 Å². The SMILES string of the molecule is CC(C)CC(=O)NCC1(CCO)CC1. The van der Waals surface area contributed by atoms with Crippen LogP contribution >= 0.6 is 0 Å². The number of hydrogen-bond donors (Lipinski definition) is 2. The van der Waals surface area contributed by atoms with Gasteiger partial charge in [-0.15, -0.1) is 0 Å². The number of amides is 1. The first-order chi connectivity index (χ1) is 6.58. The monoisotopic (exact) mass is 199 g/mol. The van der Waals surface area contributed by atoms with Crippen LogP contribution in [-0.2, 0) is 4.79 Å². The minimum atomic E-state index is 0.143. The lowest BCUT2D eigenvalue weighted by molar-refractivity contribution is -0.122. The van der Waals surface area contributed by atoms with Gasteiger partial charge >= 0.3 is 0 Å². The molecule has 0 atom stereocenters. The third-order valence-electron chi connectivity index (χ3n) is 2.85. The molecule has 0 aromatic heterocycles. The van der Waals surface area contributed by atoms with E-state index in [2.05, 4.69) is 5.32 Å². The second-order valence-electron chi connectivity index (χ2n) is 4.85. The van der Waals surface area contributed by atoms with Crippen molar-refractivity contribution in [1.82, 2.24) is 5.32 Å². The first-order valence-electron chi connectivity index (χ1n) is 5.45. The Morgan fingerprint density at radius 3 is 2.57 bits per heavy atom. The lowest BCUT2D eigenvalue weighted by atomic mass is 10.0. The van der Waals surface area contributed by atoms with Crippen LogP contribution in [0.25, 0.3) is 0 Å². The maximum Gasteiger partial charge on any atom is 0.220 e. The van der Waals surface area contributed by atoms with Crippen LogP contribution in [0.4, 0.5) is 0 Å². The van der Waals surface area contributed by atoms with Gasteiger partial charge in [-0.3, -0.25) is 4.79 Å². The molecule has 14 heavy (non-hydrogen) atoms. The third kappa shape index (κ3) is 3.66. The van der Waals surface area contributed by atoms with Crippen LogP contribution < -0.4 is 5.32 Å². The second-order valence-corrected chi connectivity index (χ2v) is 4.85. The highest BCUT2D eigenvalue weighted by molar-refractivity contribution is 5.76. The van der Waals surface area contributed by atoms with E-state index in [1.165, 1.54) is 0 Å². The van der Waals surface area contributed by atoms with Crippen molar-refractivity contribution in [1.29, 1.82) is 0 Å². The van der Waals surface area contributed by atoms with Crippen LogP contribution in [0.5, 0.6) is 0 Å². The molecule has 1 aliphatic rings. The summed E-state index contributed by atoms with van der Waals surface area (Å²) in [7, 11) is 0. The van der Waals surface area contributed by atoms with E-state index in [9.17, 15) is 4.79 Å². The van der Waals surface area contributed by atoms with E-state index in [-0.39, 0.29) is 17.9 Å². The van der Waals surface area contributed by atoms with Crippen LogP contribution in [-0.4, -0.2) is 24.2 Å². The summed E-state index contributed by atoms with van der Waals surface area (Å²) in [5, 5.41) is 11.8. The molecule has 2 N–H and O–H groups in total. The van der Waals surface area contributed by atoms with Crippen LogP contribution in [0.15, 0.2) is 0 Å². The summed E-state index contributed by atoms with van der Waals surface area (Å²) in [4.78, 5) is 11.4. The summed E-state index contributed by atoms with van der Waals surface area (Å²) >= 11 is 0. The highest BCUT2D eigenvalue weighted by Crippen LogP contribution is 2.47. The van der Waals surface area contributed by atoms with Gasteiger partial charge < -0.3 is 10.4 Å². The van der Waals surface area contributed by atoms with Crippen molar-refractivity contribution in [3.8, 4) is 0 Å². The molecule has 3 nitrogen and oxygen atoms in total. The van der Waals surface area contributed by atoms with Crippen LogP contribution in [0.2, 0.25) is 0 Å². The van der Waals surface area contributed by atoms with Gasteiger partial charge in [0.2, 0.25) is 5.91 Å². The highest BCUT2D eigenvalue weighted by Gasteiger charge is 2.41. The fraction of sp³-hybridized carbons (Fsp3) is 0.909. The summed E-state index contributed by atoms with van der Waals surface area (Å²) in [5.74, 6) is 0.562. The molecule has 1 fully saturated rings. The summed E-state index contributed by atoms with van der Waals surface area (Å²) in [6.07, 6.45) is 3.73. The minimum absolute atomic E-state index is 0.143. The quantitative estimate of drug-likeness (QED) is 0.677. The zero-order valence-electron chi connectivity index (χ0n) is 9.18. The zero-order chi connectivity index (χ0) is 10.6. The molecule has 1 amide bonds. The third-order valence-corrected chi connectivity index (χ3v) is 2.85. The Bertz CT molecular complexity index is 197. The molecule has 0 aromatic rings. The van der Waals surface area contributed by atoms with Crippen molar-refractivity contribution in [2.45, 2.75) is 39.5 Å². The van der Waals surface area contributed by atoms with Gasteiger partial charge in [0, 0.05) is 19.6 Å². The molecule has 1 saturated carbocycles. The van der Waals surface area contributed by atoms with Crippen molar-refractivity contribution in [2.24, 2.45) is 11.3 Å². The van der Waals surface area contributed by atoms with E-state index in [0.717, 1.165) is 25.8 Å². The molecule has 0 heterocycles. The highest BCUT2D eigenvalue weighted by atomic mass is 16.3. The molecule has 0 unspecified atom stereocenters. The van der Waals surface area contributed by atoms with E-state index in [1.807, 2.05) is 13.8 Å². The molecule has 1 aliphatic carbocycles. The van der Waals surface area contributed by atoms with E-state index >= 15 is 0 Å². The summed E-state index contributed by atoms with van der Waals surface area (Å²) in [5.41, 5.74) is 0.237. The second kappa shape index (κ2) is 4.78. The average Bonchev–Trinajstić information content (AvgIpc) is 2.82. The Labute approximate surface area is 85.9 Å². The zero-order valence-corrected chi connectivity index (χ0v) is 9.18. The van der Waals surface area contributed by atoms with Gasteiger partial charge in [0.25, 0.3) is 0 Å². The van der Waals surface area contributed by atoms with Gasteiger partial charge in [0.15, 0.2) is 0 Å². The van der Waals surface area contributed by atoms with Gasteiger partial charge in [0.05, 0.1) is 0 Å². The number of carbonyl (C=O) groups excluding carboxylic acids is 1. The van der Waals surface area contributed by atoms with Crippen LogP contribution in [0.1, 0.15) is 39.5 Å². The number of rotatable bonds is 6. The van der Waals surface area contributed by atoms with Crippen molar-refractivity contribution in [3.63, 3.8) is 0 Å². The van der Waals surface area contributed by atoms with Crippen molar-refractivity contribution in [3.05, 3.63) is 0 Å². The summed E-state index contributed by atoms with van der Waals surface area (Å²) < 4.78 is 0. The standard InChI is InChI=1S/C11H21NO2/c1-9(2)7-10(14)12-8-11(3-4-11)5-6-13/h9,13H,3-8H2,1-2H3,(H,12,14). The maximum atomic E-state index is 11.4. The largest absolute Gasteiger partial charge is 0.396 e.